The fourth-order valence-corrected chi connectivity index (χ4v) is 2.38. The molecule has 0 saturated heterocycles. The van der Waals surface area contributed by atoms with Crippen LogP contribution in [0.25, 0.3) is 0 Å². The van der Waals surface area contributed by atoms with Gasteiger partial charge in [-0.25, -0.2) is 0 Å². The average molecular weight is 239 g/mol. The first kappa shape index (κ1) is 12.5. The molecule has 0 aromatic carbocycles. The van der Waals surface area contributed by atoms with Crippen molar-refractivity contribution in [2.45, 2.75) is 38.5 Å². The fourth-order valence-electron chi connectivity index (χ4n) is 2.38. The van der Waals surface area contributed by atoms with Gasteiger partial charge in [0.25, 0.3) is 0 Å². The summed E-state index contributed by atoms with van der Waals surface area (Å²) in [7, 11) is 0. The first-order chi connectivity index (χ1) is 8.28. The van der Waals surface area contributed by atoms with Crippen LogP contribution in [0.4, 0.5) is 0 Å². The van der Waals surface area contributed by atoms with Gasteiger partial charge in [0.1, 0.15) is 0 Å². The van der Waals surface area contributed by atoms with E-state index in [1.807, 2.05) is 12.4 Å². The third kappa shape index (κ3) is 3.80. The Balaban J connectivity index is 1.67. The lowest BCUT2D eigenvalue weighted by atomic mass is 10.1. The van der Waals surface area contributed by atoms with Crippen LogP contribution >= 0.6 is 0 Å². The summed E-state index contributed by atoms with van der Waals surface area (Å²) < 4.78 is 1.75. The fraction of sp³-hybridized carbons (Fsp3) is 0.750. The van der Waals surface area contributed by atoms with Crippen molar-refractivity contribution < 1.29 is 10.2 Å². The van der Waals surface area contributed by atoms with Crippen molar-refractivity contribution in [3.05, 3.63) is 18.0 Å². The minimum Gasteiger partial charge on any atom is -0.394 e. The Hall–Kier alpha value is -0.910. The van der Waals surface area contributed by atoms with Crippen LogP contribution in [-0.4, -0.2) is 39.2 Å². The molecule has 17 heavy (non-hydrogen) atoms. The highest BCUT2D eigenvalue weighted by Gasteiger charge is 2.21. The first-order valence-corrected chi connectivity index (χ1v) is 6.29. The molecular formula is C12H21N3O2. The van der Waals surface area contributed by atoms with E-state index in [2.05, 4.69) is 10.4 Å². The van der Waals surface area contributed by atoms with Gasteiger partial charge in [0, 0.05) is 18.3 Å². The smallest absolute Gasteiger partial charge is 0.0640 e. The van der Waals surface area contributed by atoms with Crippen LogP contribution < -0.4 is 5.32 Å². The van der Waals surface area contributed by atoms with E-state index in [-0.39, 0.29) is 12.7 Å². The predicted octanol–water partition coefficient (Wildman–Crippen LogP) is 0.126. The zero-order chi connectivity index (χ0) is 12.1. The van der Waals surface area contributed by atoms with Crippen molar-refractivity contribution in [1.29, 1.82) is 0 Å². The second-order valence-electron chi connectivity index (χ2n) is 4.80. The molecule has 0 spiro atoms. The van der Waals surface area contributed by atoms with Crippen LogP contribution in [0.3, 0.4) is 0 Å². The molecular weight excluding hydrogens is 218 g/mol. The normalized spacial score (nSPS) is 24.4. The highest BCUT2D eigenvalue weighted by atomic mass is 16.3. The molecule has 5 nitrogen and oxygen atoms in total. The molecule has 1 fully saturated rings. The van der Waals surface area contributed by atoms with E-state index >= 15 is 0 Å². The van der Waals surface area contributed by atoms with Gasteiger partial charge in [-0.3, -0.25) is 4.68 Å². The molecule has 1 aromatic rings. The van der Waals surface area contributed by atoms with Gasteiger partial charge in [0.15, 0.2) is 0 Å². The monoisotopic (exact) mass is 239 g/mol. The summed E-state index contributed by atoms with van der Waals surface area (Å²) in [6, 6.07) is 0. The molecule has 1 heterocycles. The third-order valence-electron chi connectivity index (χ3n) is 3.29. The van der Waals surface area contributed by atoms with E-state index in [0.29, 0.717) is 12.5 Å². The molecule has 1 aliphatic carbocycles. The van der Waals surface area contributed by atoms with Gasteiger partial charge < -0.3 is 15.5 Å². The second-order valence-corrected chi connectivity index (χ2v) is 4.80. The molecule has 5 heteroatoms. The quantitative estimate of drug-likeness (QED) is 0.660. The molecule has 1 saturated carbocycles. The summed E-state index contributed by atoms with van der Waals surface area (Å²) in [4.78, 5) is 0. The molecule has 1 aliphatic rings. The summed E-state index contributed by atoms with van der Waals surface area (Å²) in [5.74, 6) is 0.609. The lowest BCUT2D eigenvalue weighted by molar-refractivity contribution is 0.177. The lowest BCUT2D eigenvalue weighted by Gasteiger charge is -2.09. The van der Waals surface area contributed by atoms with Gasteiger partial charge in [-0.2, -0.15) is 5.10 Å². The second kappa shape index (κ2) is 6.14. The van der Waals surface area contributed by atoms with Crippen molar-refractivity contribution in [3.63, 3.8) is 0 Å². The number of hydrogen-bond donors (Lipinski definition) is 3. The molecule has 0 radical (unpaired) electrons. The Morgan fingerprint density at radius 2 is 2.35 bits per heavy atom. The first-order valence-electron chi connectivity index (χ1n) is 6.29. The molecule has 0 aliphatic heterocycles. The van der Waals surface area contributed by atoms with Crippen molar-refractivity contribution in [3.8, 4) is 0 Å². The molecule has 1 aromatic heterocycles. The van der Waals surface area contributed by atoms with Crippen LogP contribution in [0.1, 0.15) is 24.8 Å². The standard InChI is InChI=1S/C12H21N3O2/c16-4-3-15-9-11(8-14-15)7-13-6-10-1-2-12(17)5-10/h8-10,12-13,16-17H,1-7H2. The van der Waals surface area contributed by atoms with E-state index in [9.17, 15) is 5.11 Å². The number of aliphatic hydroxyl groups excluding tert-OH is 2. The number of hydrogen-bond acceptors (Lipinski definition) is 4. The largest absolute Gasteiger partial charge is 0.394 e. The van der Waals surface area contributed by atoms with Crippen LogP contribution in [0.15, 0.2) is 12.4 Å². The highest BCUT2D eigenvalue weighted by Crippen LogP contribution is 2.24. The van der Waals surface area contributed by atoms with Gasteiger partial charge in [-0.1, -0.05) is 0 Å². The van der Waals surface area contributed by atoms with Crippen LogP contribution in [0.2, 0.25) is 0 Å². The van der Waals surface area contributed by atoms with Crippen molar-refractivity contribution >= 4 is 0 Å². The average Bonchev–Trinajstić information content (AvgIpc) is 2.89. The maximum atomic E-state index is 9.41. The van der Waals surface area contributed by atoms with Crippen molar-refractivity contribution in [2.24, 2.45) is 5.92 Å². The van der Waals surface area contributed by atoms with Crippen LogP contribution in [0.5, 0.6) is 0 Å². The minimum atomic E-state index is -0.0888. The predicted molar refractivity (Wildman–Crippen MR) is 64.4 cm³/mol. The molecule has 0 amide bonds. The number of aromatic nitrogens is 2. The van der Waals surface area contributed by atoms with E-state index < -0.39 is 0 Å². The summed E-state index contributed by atoms with van der Waals surface area (Å²) in [5.41, 5.74) is 1.14. The summed E-state index contributed by atoms with van der Waals surface area (Å²) in [5, 5.41) is 25.7. The zero-order valence-corrected chi connectivity index (χ0v) is 10.0. The van der Waals surface area contributed by atoms with Gasteiger partial charge in [-0.05, 0) is 31.7 Å². The maximum Gasteiger partial charge on any atom is 0.0640 e. The summed E-state index contributed by atoms with van der Waals surface area (Å²) >= 11 is 0. The van der Waals surface area contributed by atoms with Crippen LogP contribution in [0, 0.1) is 5.92 Å². The number of rotatable bonds is 6. The van der Waals surface area contributed by atoms with Gasteiger partial charge in [0.2, 0.25) is 0 Å². The molecule has 2 rings (SSSR count). The Morgan fingerprint density at radius 3 is 3.06 bits per heavy atom. The molecule has 3 N–H and O–H groups in total. The van der Waals surface area contributed by atoms with Crippen molar-refractivity contribution in [2.75, 3.05) is 13.2 Å². The number of nitrogens with one attached hydrogen (secondary N) is 1. The topological polar surface area (TPSA) is 70.3 Å². The zero-order valence-electron chi connectivity index (χ0n) is 10.0. The van der Waals surface area contributed by atoms with Gasteiger partial charge >= 0.3 is 0 Å². The van der Waals surface area contributed by atoms with Crippen molar-refractivity contribution in [1.82, 2.24) is 15.1 Å². The van der Waals surface area contributed by atoms with E-state index in [1.54, 1.807) is 4.68 Å². The molecule has 2 unspecified atom stereocenters. The lowest BCUT2D eigenvalue weighted by Crippen LogP contribution is -2.21. The minimum absolute atomic E-state index is 0.0888. The highest BCUT2D eigenvalue weighted by molar-refractivity contribution is 5.03. The third-order valence-corrected chi connectivity index (χ3v) is 3.29. The Bertz CT molecular complexity index is 340. The van der Waals surface area contributed by atoms with E-state index in [4.69, 9.17) is 5.11 Å². The Morgan fingerprint density at radius 1 is 1.47 bits per heavy atom. The van der Waals surface area contributed by atoms with Crippen LogP contribution in [-0.2, 0) is 13.1 Å². The number of aliphatic hydroxyl groups is 2. The maximum absolute atomic E-state index is 9.41. The van der Waals surface area contributed by atoms with Gasteiger partial charge in [-0.15, -0.1) is 0 Å². The van der Waals surface area contributed by atoms with E-state index in [1.165, 1.54) is 0 Å². The summed E-state index contributed by atoms with van der Waals surface area (Å²) in [6.07, 6.45) is 6.68. The molecule has 2 atom stereocenters. The SMILES string of the molecule is OCCn1cc(CNCC2CCC(O)C2)cn1. The Kier molecular flexibility index (Phi) is 4.53. The van der Waals surface area contributed by atoms with Gasteiger partial charge in [0.05, 0.1) is 25.5 Å². The molecule has 0 bridgehead atoms. The Labute approximate surface area is 101 Å². The molecule has 96 valence electrons. The number of nitrogens with zero attached hydrogens (tertiary/aromatic N) is 2. The summed E-state index contributed by atoms with van der Waals surface area (Å²) in [6.45, 7) is 2.43. The van der Waals surface area contributed by atoms with E-state index in [0.717, 1.165) is 37.9 Å².